The fourth-order valence-electron chi connectivity index (χ4n) is 3.24. The molecule has 0 aliphatic carbocycles. The minimum atomic E-state index is -0.260. The van der Waals surface area contributed by atoms with E-state index in [1.807, 2.05) is 26.0 Å². The van der Waals surface area contributed by atoms with Gasteiger partial charge < -0.3 is 15.4 Å². The average molecular weight is 354 g/mol. The Balaban J connectivity index is 1.75. The average Bonchev–Trinajstić information content (AvgIpc) is 2.83. The number of benzene rings is 1. The Kier molecular flexibility index (Phi) is 5.71. The van der Waals surface area contributed by atoms with E-state index in [1.54, 1.807) is 7.11 Å². The number of rotatable bonds is 5. The molecule has 1 fully saturated rings. The van der Waals surface area contributed by atoms with Crippen molar-refractivity contribution in [3.05, 3.63) is 46.8 Å². The minimum Gasteiger partial charge on any atom is -0.497 e. The van der Waals surface area contributed by atoms with Crippen molar-refractivity contribution in [2.24, 2.45) is 0 Å². The Bertz CT molecular complexity index is 751. The number of aromatic nitrogens is 2. The zero-order valence-electron chi connectivity index (χ0n) is 15.6. The smallest absolute Gasteiger partial charge is 0.242 e. The molecule has 6 heteroatoms. The molecule has 1 aromatic carbocycles. The SMILES string of the molecule is COc1ccc(Cc2c(C)nc(N[C@H]3CCCCNC3=O)nc2C)cc1. The maximum absolute atomic E-state index is 12.1. The van der Waals surface area contributed by atoms with E-state index in [-0.39, 0.29) is 11.9 Å². The van der Waals surface area contributed by atoms with Crippen LogP contribution in [-0.4, -0.2) is 35.6 Å². The zero-order valence-corrected chi connectivity index (χ0v) is 15.6. The molecule has 0 radical (unpaired) electrons. The number of carbonyl (C=O) groups excluding carboxylic acids is 1. The predicted molar refractivity (Wildman–Crippen MR) is 102 cm³/mol. The summed E-state index contributed by atoms with van der Waals surface area (Å²) in [4.78, 5) is 21.3. The van der Waals surface area contributed by atoms with E-state index in [4.69, 9.17) is 4.74 Å². The topological polar surface area (TPSA) is 76.1 Å². The molecule has 138 valence electrons. The van der Waals surface area contributed by atoms with Crippen LogP contribution in [0.25, 0.3) is 0 Å². The van der Waals surface area contributed by atoms with Gasteiger partial charge in [0.1, 0.15) is 11.8 Å². The number of hydrogen-bond acceptors (Lipinski definition) is 5. The zero-order chi connectivity index (χ0) is 18.5. The van der Waals surface area contributed by atoms with Gasteiger partial charge in [0.15, 0.2) is 0 Å². The summed E-state index contributed by atoms with van der Waals surface area (Å²) in [5, 5.41) is 6.14. The summed E-state index contributed by atoms with van der Waals surface area (Å²) in [6.07, 6.45) is 3.61. The summed E-state index contributed by atoms with van der Waals surface area (Å²) in [5.74, 6) is 1.41. The minimum absolute atomic E-state index is 0.0312. The molecular weight excluding hydrogens is 328 g/mol. The van der Waals surface area contributed by atoms with Gasteiger partial charge in [-0.1, -0.05) is 12.1 Å². The normalized spacial score (nSPS) is 17.3. The van der Waals surface area contributed by atoms with Crippen molar-refractivity contribution in [3.8, 4) is 5.75 Å². The molecule has 0 unspecified atom stereocenters. The fourth-order valence-corrected chi connectivity index (χ4v) is 3.24. The van der Waals surface area contributed by atoms with E-state index in [0.717, 1.165) is 54.9 Å². The summed E-state index contributed by atoms with van der Waals surface area (Å²) < 4.78 is 5.21. The molecule has 2 aromatic rings. The molecule has 0 spiro atoms. The molecule has 2 heterocycles. The van der Waals surface area contributed by atoms with Crippen LogP contribution >= 0.6 is 0 Å². The highest BCUT2D eigenvalue weighted by molar-refractivity contribution is 5.84. The predicted octanol–water partition coefficient (Wildman–Crippen LogP) is 2.77. The maximum Gasteiger partial charge on any atom is 0.242 e. The molecule has 1 aromatic heterocycles. The molecule has 1 atom stereocenters. The summed E-state index contributed by atoms with van der Waals surface area (Å²) in [7, 11) is 1.66. The largest absolute Gasteiger partial charge is 0.497 e. The van der Waals surface area contributed by atoms with Crippen LogP contribution in [0.2, 0.25) is 0 Å². The van der Waals surface area contributed by atoms with Crippen molar-refractivity contribution in [1.82, 2.24) is 15.3 Å². The van der Waals surface area contributed by atoms with Gasteiger partial charge in [-0.3, -0.25) is 4.79 Å². The first-order chi connectivity index (χ1) is 12.6. The number of nitrogens with zero attached hydrogens (tertiary/aromatic N) is 2. The molecule has 1 saturated heterocycles. The van der Waals surface area contributed by atoms with Gasteiger partial charge in [0, 0.05) is 24.4 Å². The Morgan fingerprint density at radius 3 is 2.50 bits per heavy atom. The second kappa shape index (κ2) is 8.17. The lowest BCUT2D eigenvalue weighted by Gasteiger charge is -2.17. The molecule has 6 nitrogen and oxygen atoms in total. The van der Waals surface area contributed by atoms with Crippen LogP contribution in [-0.2, 0) is 11.2 Å². The quantitative estimate of drug-likeness (QED) is 0.863. The van der Waals surface area contributed by atoms with Crippen molar-refractivity contribution in [1.29, 1.82) is 0 Å². The number of nitrogens with one attached hydrogen (secondary N) is 2. The van der Waals surface area contributed by atoms with Crippen LogP contribution in [0.3, 0.4) is 0 Å². The highest BCUT2D eigenvalue weighted by Gasteiger charge is 2.21. The van der Waals surface area contributed by atoms with Crippen molar-refractivity contribution in [3.63, 3.8) is 0 Å². The Hall–Kier alpha value is -2.63. The maximum atomic E-state index is 12.1. The van der Waals surface area contributed by atoms with E-state index in [2.05, 4.69) is 32.7 Å². The van der Waals surface area contributed by atoms with Gasteiger partial charge in [-0.2, -0.15) is 0 Å². The van der Waals surface area contributed by atoms with Crippen molar-refractivity contribution in [2.45, 2.75) is 45.6 Å². The lowest BCUT2D eigenvalue weighted by molar-refractivity contribution is -0.121. The van der Waals surface area contributed by atoms with Gasteiger partial charge in [-0.15, -0.1) is 0 Å². The molecular formula is C20H26N4O2. The number of methoxy groups -OCH3 is 1. The van der Waals surface area contributed by atoms with Gasteiger partial charge in [-0.05, 0) is 56.4 Å². The lowest BCUT2D eigenvalue weighted by atomic mass is 10.0. The molecule has 0 bridgehead atoms. The van der Waals surface area contributed by atoms with Crippen molar-refractivity contribution < 1.29 is 9.53 Å². The van der Waals surface area contributed by atoms with E-state index >= 15 is 0 Å². The second-order valence-electron chi connectivity index (χ2n) is 6.71. The molecule has 1 aliphatic rings. The van der Waals surface area contributed by atoms with Gasteiger partial charge >= 0.3 is 0 Å². The van der Waals surface area contributed by atoms with Crippen LogP contribution in [0, 0.1) is 13.8 Å². The Morgan fingerprint density at radius 1 is 1.15 bits per heavy atom. The molecule has 1 aliphatic heterocycles. The molecule has 26 heavy (non-hydrogen) atoms. The third-order valence-electron chi connectivity index (χ3n) is 4.80. The monoisotopic (exact) mass is 354 g/mol. The first-order valence-corrected chi connectivity index (χ1v) is 9.08. The van der Waals surface area contributed by atoms with E-state index in [9.17, 15) is 4.79 Å². The highest BCUT2D eigenvalue weighted by Crippen LogP contribution is 2.20. The van der Waals surface area contributed by atoms with Crippen LogP contribution in [0.5, 0.6) is 5.75 Å². The number of carbonyl (C=O) groups is 1. The fraction of sp³-hybridized carbons (Fsp3) is 0.450. The molecule has 3 rings (SSSR count). The highest BCUT2D eigenvalue weighted by atomic mass is 16.5. The second-order valence-corrected chi connectivity index (χ2v) is 6.71. The Morgan fingerprint density at radius 2 is 1.85 bits per heavy atom. The van der Waals surface area contributed by atoms with Gasteiger partial charge in [0.25, 0.3) is 0 Å². The molecule has 0 saturated carbocycles. The standard InChI is InChI=1S/C20H26N4O2/c1-13-17(12-15-7-9-16(26-3)10-8-15)14(2)23-20(22-13)24-18-6-4-5-11-21-19(18)25/h7-10,18H,4-6,11-12H2,1-3H3,(H,21,25)(H,22,23,24)/t18-/m0/s1. The molecule has 2 N–H and O–H groups in total. The summed E-state index contributed by atoms with van der Waals surface area (Å²) in [5.41, 5.74) is 4.17. The number of aryl methyl sites for hydroxylation is 2. The number of amides is 1. The lowest BCUT2D eigenvalue weighted by Crippen LogP contribution is -2.38. The number of hydrogen-bond donors (Lipinski definition) is 2. The summed E-state index contributed by atoms with van der Waals surface area (Å²) in [6, 6.07) is 7.77. The van der Waals surface area contributed by atoms with Gasteiger partial charge in [0.05, 0.1) is 7.11 Å². The first-order valence-electron chi connectivity index (χ1n) is 9.08. The third kappa shape index (κ3) is 4.31. The van der Waals surface area contributed by atoms with E-state index in [1.165, 1.54) is 5.56 Å². The Labute approximate surface area is 154 Å². The van der Waals surface area contributed by atoms with Crippen molar-refractivity contribution in [2.75, 3.05) is 19.0 Å². The number of anilines is 1. The van der Waals surface area contributed by atoms with Gasteiger partial charge in [-0.25, -0.2) is 9.97 Å². The third-order valence-corrected chi connectivity index (χ3v) is 4.80. The van der Waals surface area contributed by atoms with Crippen LogP contribution in [0.4, 0.5) is 5.95 Å². The van der Waals surface area contributed by atoms with Gasteiger partial charge in [0.2, 0.25) is 11.9 Å². The van der Waals surface area contributed by atoms with Crippen LogP contribution < -0.4 is 15.4 Å². The molecule has 1 amide bonds. The number of ether oxygens (including phenoxy) is 1. The van der Waals surface area contributed by atoms with Crippen molar-refractivity contribution >= 4 is 11.9 Å². The van der Waals surface area contributed by atoms with Crippen LogP contribution in [0.15, 0.2) is 24.3 Å². The van der Waals surface area contributed by atoms with Crippen LogP contribution in [0.1, 0.15) is 41.8 Å². The summed E-state index contributed by atoms with van der Waals surface area (Å²) in [6.45, 7) is 4.73. The summed E-state index contributed by atoms with van der Waals surface area (Å²) >= 11 is 0. The first kappa shape index (κ1) is 18.2. The van der Waals surface area contributed by atoms with E-state index in [0.29, 0.717) is 5.95 Å². The van der Waals surface area contributed by atoms with E-state index < -0.39 is 0 Å².